The zero-order valence-electron chi connectivity index (χ0n) is 13.5. The summed E-state index contributed by atoms with van der Waals surface area (Å²) in [7, 11) is -3.70. The summed E-state index contributed by atoms with van der Waals surface area (Å²) >= 11 is 0. The van der Waals surface area contributed by atoms with E-state index in [2.05, 4.69) is 15.5 Å². The zero-order chi connectivity index (χ0) is 17.3. The van der Waals surface area contributed by atoms with Crippen LogP contribution in [0.5, 0.6) is 0 Å². The molecule has 1 saturated carbocycles. The van der Waals surface area contributed by atoms with Crippen LogP contribution in [-0.4, -0.2) is 35.8 Å². The summed E-state index contributed by atoms with van der Waals surface area (Å²) in [5.41, 5.74) is 1.76. The number of aromatic nitrogens is 2. The average Bonchev–Trinajstić information content (AvgIpc) is 3.22. The molecule has 1 unspecified atom stereocenters. The molecule has 0 bridgehead atoms. The Balaban J connectivity index is 1.72. The van der Waals surface area contributed by atoms with Gasteiger partial charge in [0.1, 0.15) is 11.0 Å². The first-order valence-corrected chi connectivity index (χ1v) is 9.48. The minimum atomic E-state index is -3.70. The molecule has 1 heterocycles. The number of carbonyl (C=O) groups is 1. The van der Waals surface area contributed by atoms with Crippen LogP contribution in [0.15, 0.2) is 28.8 Å². The van der Waals surface area contributed by atoms with E-state index < -0.39 is 26.7 Å². The maximum atomic E-state index is 12.4. The van der Waals surface area contributed by atoms with Crippen LogP contribution >= 0.6 is 0 Å². The van der Waals surface area contributed by atoms with Gasteiger partial charge in [-0.25, -0.2) is 8.42 Å². The van der Waals surface area contributed by atoms with Crippen LogP contribution in [-0.2, 0) is 20.4 Å². The summed E-state index contributed by atoms with van der Waals surface area (Å²) in [6, 6.07) is 7.59. The van der Waals surface area contributed by atoms with Gasteiger partial charge in [0.25, 0.3) is 5.89 Å². The van der Waals surface area contributed by atoms with E-state index in [-0.39, 0.29) is 17.8 Å². The van der Waals surface area contributed by atoms with E-state index in [1.165, 1.54) is 6.92 Å². The number of nitrogens with one attached hydrogen (secondary N) is 1. The fourth-order valence-corrected chi connectivity index (χ4v) is 3.34. The Bertz CT molecular complexity index is 856. The van der Waals surface area contributed by atoms with Crippen molar-refractivity contribution in [3.05, 3.63) is 35.7 Å². The number of sulfone groups is 1. The fraction of sp³-hybridized carbons (Fsp3) is 0.438. The van der Waals surface area contributed by atoms with Crippen molar-refractivity contribution in [3.63, 3.8) is 0 Å². The lowest BCUT2D eigenvalue weighted by atomic mass is 10.1. The van der Waals surface area contributed by atoms with Crippen molar-refractivity contribution >= 4 is 15.7 Å². The Morgan fingerprint density at radius 2 is 2.17 bits per heavy atom. The minimum Gasteiger partial charge on any atom is -0.352 e. The van der Waals surface area contributed by atoms with E-state index in [9.17, 15) is 13.2 Å². The first-order valence-electron chi connectivity index (χ1n) is 7.77. The number of aryl methyl sites for hydroxylation is 1. The summed E-state index contributed by atoms with van der Waals surface area (Å²) in [5, 5.41) is 5.29. The molecule has 8 heteroatoms. The largest absolute Gasteiger partial charge is 0.352 e. The summed E-state index contributed by atoms with van der Waals surface area (Å²) < 4.78 is 29.9. The van der Waals surface area contributed by atoms with Crippen LogP contribution in [0.4, 0.5) is 0 Å². The summed E-state index contributed by atoms with van der Waals surface area (Å²) in [4.78, 5) is 16.1. The van der Waals surface area contributed by atoms with E-state index in [4.69, 9.17) is 4.52 Å². The molecule has 2 aromatic rings. The van der Waals surface area contributed by atoms with Gasteiger partial charge < -0.3 is 9.84 Å². The molecule has 24 heavy (non-hydrogen) atoms. The lowest BCUT2D eigenvalue weighted by Crippen LogP contribution is -2.39. The number of amides is 1. The highest BCUT2D eigenvalue weighted by atomic mass is 32.2. The summed E-state index contributed by atoms with van der Waals surface area (Å²) in [5.74, 6) is -0.585. The van der Waals surface area contributed by atoms with Gasteiger partial charge in [0.15, 0.2) is 15.7 Å². The van der Waals surface area contributed by atoms with Crippen molar-refractivity contribution in [1.29, 1.82) is 0 Å². The third-order valence-electron chi connectivity index (χ3n) is 3.90. The predicted octanol–water partition coefficient (Wildman–Crippen LogP) is 1.63. The monoisotopic (exact) mass is 349 g/mol. The third kappa shape index (κ3) is 3.81. The van der Waals surface area contributed by atoms with Gasteiger partial charge in [-0.05, 0) is 38.8 Å². The van der Waals surface area contributed by atoms with Crippen LogP contribution in [0.1, 0.15) is 31.2 Å². The number of hydrogen-bond acceptors (Lipinski definition) is 6. The van der Waals surface area contributed by atoms with Gasteiger partial charge in [0.05, 0.1) is 0 Å². The lowest BCUT2D eigenvalue weighted by Gasteiger charge is -2.11. The van der Waals surface area contributed by atoms with Crippen LogP contribution in [0.2, 0.25) is 0 Å². The zero-order valence-corrected chi connectivity index (χ0v) is 14.3. The Morgan fingerprint density at radius 3 is 2.83 bits per heavy atom. The molecular formula is C16H19N3O4S. The molecule has 3 rings (SSSR count). The van der Waals surface area contributed by atoms with Crippen molar-refractivity contribution in [2.45, 2.75) is 43.7 Å². The fourth-order valence-electron chi connectivity index (χ4n) is 2.22. The van der Waals surface area contributed by atoms with Gasteiger partial charge in [-0.2, -0.15) is 4.98 Å². The van der Waals surface area contributed by atoms with Crippen LogP contribution in [0, 0.1) is 6.92 Å². The Labute approximate surface area is 140 Å². The van der Waals surface area contributed by atoms with E-state index in [1.54, 1.807) is 0 Å². The highest BCUT2D eigenvalue weighted by Crippen LogP contribution is 2.21. The second kappa shape index (κ2) is 6.35. The molecule has 0 aliphatic heterocycles. The molecule has 1 amide bonds. The van der Waals surface area contributed by atoms with Gasteiger partial charge >= 0.3 is 0 Å². The second-order valence-corrected chi connectivity index (χ2v) is 8.44. The van der Waals surface area contributed by atoms with Gasteiger partial charge in [0, 0.05) is 11.6 Å². The molecule has 0 saturated heterocycles. The number of hydrogen-bond donors (Lipinski definition) is 1. The molecular weight excluding hydrogens is 330 g/mol. The van der Waals surface area contributed by atoms with Crippen molar-refractivity contribution in [3.8, 4) is 11.5 Å². The Morgan fingerprint density at radius 1 is 1.42 bits per heavy atom. The van der Waals surface area contributed by atoms with Gasteiger partial charge in [-0.3, -0.25) is 4.79 Å². The molecule has 1 fully saturated rings. The standard InChI is InChI=1S/C16H19N3O4S/c1-10-4-3-5-12(8-10)16-18-14(19-23-16)9-24(21,22)11(2)15(20)17-13-6-7-13/h3-5,8,11,13H,6-7,9H2,1-2H3,(H,17,20). The maximum Gasteiger partial charge on any atom is 0.257 e. The molecule has 1 aromatic carbocycles. The number of rotatable bonds is 6. The van der Waals surface area contributed by atoms with Crippen LogP contribution < -0.4 is 5.32 Å². The van der Waals surface area contributed by atoms with Gasteiger partial charge in [-0.15, -0.1) is 0 Å². The van der Waals surface area contributed by atoms with Crippen molar-refractivity contribution < 1.29 is 17.7 Å². The van der Waals surface area contributed by atoms with Gasteiger partial charge in [-0.1, -0.05) is 22.9 Å². The van der Waals surface area contributed by atoms with Gasteiger partial charge in [0.2, 0.25) is 5.91 Å². The topological polar surface area (TPSA) is 102 Å². The maximum absolute atomic E-state index is 12.4. The first kappa shape index (κ1) is 16.6. The van der Waals surface area contributed by atoms with Crippen LogP contribution in [0.25, 0.3) is 11.5 Å². The lowest BCUT2D eigenvalue weighted by molar-refractivity contribution is -0.120. The average molecular weight is 349 g/mol. The third-order valence-corrected chi connectivity index (χ3v) is 5.85. The number of nitrogens with zero attached hydrogens (tertiary/aromatic N) is 2. The number of carbonyl (C=O) groups excluding carboxylic acids is 1. The molecule has 1 atom stereocenters. The van der Waals surface area contributed by atoms with Crippen molar-refractivity contribution in [2.24, 2.45) is 0 Å². The summed E-state index contributed by atoms with van der Waals surface area (Å²) in [6.07, 6.45) is 1.81. The normalized spacial score (nSPS) is 15.9. The smallest absolute Gasteiger partial charge is 0.257 e. The highest BCUT2D eigenvalue weighted by Gasteiger charge is 2.33. The Hall–Kier alpha value is -2.22. The molecule has 128 valence electrons. The molecule has 1 aliphatic carbocycles. The molecule has 7 nitrogen and oxygen atoms in total. The Kier molecular flexibility index (Phi) is 4.40. The molecule has 0 radical (unpaired) electrons. The molecule has 1 aliphatic rings. The first-order chi connectivity index (χ1) is 11.3. The van der Waals surface area contributed by atoms with E-state index in [0.717, 1.165) is 24.0 Å². The highest BCUT2D eigenvalue weighted by molar-refractivity contribution is 7.92. The molecule has 0 spiro atoms. The van der Waals surface area contributed by atoms with Crippen molar-refractivity contribution in [1.82, 2.24) is 15.5 Å². The van der Waals surface area contributed by atoms with E-state index in [0.29, 0.717) is 0 Å². The minimum absolute atomic E-state index is 0.0533. The number of benzene rings is 1. The van der Waals surface area contributed by atoms with Crippen LogP contribution in [0.3, 0.4) is 0 Å². The predicted molar refractivity (Wildman–Crippen MR) is 87.7 cm³/mol. The quantitative estimate of drug-likeness (QED) is 0.850. The van der Waals surface area contributed by atoms with E-state index >= 15 is 0 Å². The van der Waals surface area contributed by atoms with Crippen molar-refractivity contribution in [2.75, 3.05) is 0 Å². The second-order valence-electron chi connectivity index (χ2n) is 6.12. The van der Waals surface area contributed by atoms with E-state index in [1.807, 2.05) is 31.2 Å². The SMILES string of the molecule is Cc1cccc(-c2nc(CS(=O)(=O)C(C)C(=O)NC3CC3)no2)c1. The summed E-state index contributed by atoms with van der Waals surface area (Å²) in [6.45, 7) is 3.32. The molecule has 1 N–H and O–H groups in total. The molecule has 1 aromatic heterocycles.